The first-order valence-electron chi connectivity index (χ1n) is 9.83. The summed E-state index contributed by atoms with van der Waals surface area (Å²) in [6.07, 6.45) is 1.59. The number of fused-ring (bicyclic) bond motifs is 2. The standard InChI is InChI=1S/C16H26N7O6P/c17-5-3-1-2-4-6-19-16-21-13(18)10-14(22-16)23(8-20-10)15-11(24)12-9(28-15)7-27-30(25,26)29-12/h8-9,11-12,15,24H,1-7,17H2,(H,25,26)(H3,18,19,21,22)/t9-,11+,12?,15-/m1/s1. The fraction of sp³-hybridized carbons (Fsp3) is 0.688. The molecule has 2 unspecified atom stereocenters. The van der Waals surface area contributed by atoms with Gasteiger partial charge in [0, 0.05) is 6.54 Å². The van der Waals surface area contributed by atoms with Gasteiger partial charge < -0.3 is 31.5 Å². The van der Waals surface area contributed by atoms with E-state index in [1.807, 2.05) is 0 Å². The van der Waals surface area contributed by atoms with E-state index in [1.54, 1.807) is 0 Å². The van der Waals surface area contributed by atoms with Gasteiger partial charge in [-0.05, 0) is 19.4 Å². The van der Waals surface area contributed by atoms with Gasteiger partial charge in [-0.25, -0.2) is 9.55 Å². The maximum absolute atomic E-state index is 11.7. The highest BCUT2D eigenvalue weighted by Gasteiger charge is 2.52. The second kappa shape index (κ2) is 8.71. The lowest BCUT2D eigenvalue weighted by Crippen LogP contribution is -2.39. The van der Waals surface area contributed by atoms with Crippen LogP contribution in [0, 0.1) is 0 Å². The first kappa shape index (κ1) is 21.4. The van der Waals surface area contributed by atoms with Crippen molar-refractivity contribution >= 4 is 30.8 Å². The fourth-order valence-corrected chi connectivity index (χ4v) is 4.56. The van der Waals surface area contributed by atoms with Gasteiger partial charge in [0.1, 0.15) is 23.8 Å². The van der Waals surface area contributed by atoms with Crippen molar-refractivity contribution in [2.24, 2.45) is 5.73 Å². The van der Waals surface area contributed by atoms with Crippen LogP contribution in [0.15, 0.2) is 6.33 Å². The summed E-state index contributed by atoms with van der Waals surface area (Å²) < 4.78 is 28.7. The topological polar surface area (TPSA) is 193 Å². The van der Waals surface area contributed by atoms with Gasteiger partial charge in [0.25, 0.3) is 0 Å². The van der Waals surface area contributed by atoms with Crippen LogP contribution in [0.5, 0.6) is 0 Å². The number of phosphoric acid groups is 1. The Hall–Kier alpha value is -1.86. The molecule has 2 aromatic heterocycles. The number of nitrogens with zero attached hydrogens (tertiary/aromatic N) is 4. The monoisotopic (exact) mass is 443 g/mol. The molecule has 2 aromatic rings. The maximum atomic E-state index is 11.7. The van der Waals surface area contributed by atoms with Gasteiger partial charge in [0.05, 0.1) is 12.9 Å². The van der Waals surface area contributed by atoms with Gasteiger partial charge in [0.2, 0.25) is 5.95 Å². The smallest absolute Gasteiger partial charge is 0.386 e. The summed E-state index contributed by atoms with van der Waals surface area (Å²) in [5, 5.41) is 13.8. The Bertz CT molecular complexity index is 942. The molecule has 30 heavy (non-hydrogen) atoms. The van der Waals surface area contributed by atoms with Crippen molar-refractivity contribution in [3.63, 3.8) is 0 Å². The molecule has 0 radical (unpaired) electrons. The molecule has 4 heterocycles. The molecule has 166 valence electrons. The Balaban J connectivity index is 1.51. The molecule has 2 saturated heterocycles. The van der Waals surface area contributed by atoms with Crippen LogP contribution in [0.4, 0.5) is 11.8 Å². The Morgan fingerprint density at radius 1 is 1.30 bits per heavy atom. The minimum Gasteiger partial charge on any atom is -0.386 e. The first-order chi connectivity index (χ1) is 14.4. The number of nitrogens with two attached hydrogens (primary N) is 2. The zero-order valence-corrected chi connectivity index (χ0v) is 17.1. The van der Waals surface area contributed by atoms with Crippen molar-refractivity contribution in [1.82, 2.24) is 19.5 Å². The van der Waals surface area contributed by atoms with E-state index in [4.69, 9.17) is 25.3 Å². The second-order valence-electron chi connectivity index (χ2n) is 7.28. The first-order valence-corrected chi connectivity index (χ1v) is 11.3. The normalized spacial score (nSPS) is 31.2. The zero-order valence-electron chi connectivity index (χ0n) is 16.3. The molecule has 2 aliphatic rings. The number of nitrogen functional groups attached to an aromatic ring is 1. The number of aromatic nitrogens is 4. The third-order valence-corrected chi connectivity index (χ3v) is 6.09. The van der Waals surface area contributed by atoms with Gasteiger partial charge in [-0.3, -0.25) is 13.6 Å². The maximum Gasteiger partial charge on any atom is 0.472 e. The highest BCUT2D eigenvalue weighted by Crippen LogP contribution is 2.52. The minimum atomic E-state index is -4.21. The minimum absolute atomic E-state index is 0.174. The number of aliphatic hydroxyl groups excluding tert-OH is 1. The van der Waals surface area contributed by atoms with Crippen molar-refractivity contribution < 1.29 is 28.3 Å². The van der Waals surface area contributed by atoms with Crippen molar-refractivity contribution in [1.29, 1.82) is 0 Å². The lowest BCUT2D eigenvalue weighted by atomic mass is 10.1. The molecule has 14 heteroatoms. The van der Waals surface area contributed by atoms with Crippen LogP contribution in [-0.2, 0) is 18.3 Å². The van der Waals surface area contributed by atoms with E-state index in [0.717, 1.165) is 25.7 Å². The third-order valence-electron chi connectivity index (χ3n) is 5.10. The Morgan fingerprint density at radius 3 is 2.90 bits per heavy atom. The van der Waals surface area contributed by atoms with Gasteiger partial charge in [-0.15, -0.1) is 0 Å². The number of unbranched alkanes of at least 4 members (excludes halogenated alkanes) is 3. The van der Waals surface area contributed by atoms with Crippen LogP contribution >= 0.6 is 7.82 Å². The Kier molecular flexibility index (Phi) is 6.21. The van der Waals surface area contributed by atoms with Gasteiger partial charge >= 0.3 is 7.82 Å². The molecule has 13 nitrogen and oxygen atoms in total. The van der Waals surface area contributed by atoms with Crippen molar-refractivity contribution in [3.8, 4) is 0 Å². The summed E-state index contributed by atoms with van der Waals surface area (Å²) >= 11 is 0. The number of hydrogen-bond acceptors (Lipinski definition) is 11. The lowest BCUT2D eigenvalue weighted by molar-refractivity contribution is -0.0664. The van der Waals surface area contributed by atoms with E-state index in [2.05, 4.69) is 20.3 Å². The SMILES string of the molecule is NCCCCCCNc1nc(N)c2ncn([C@@H]3O[C@@H]4COP(=O)(O)OC4[C@@H]3O)c2n1. The fourth-order valence-electron chi connectivity index (χ4n) is 3.59. The second-order valence-corrected chi connectivity index (χ2v) is 8.68. The average Bonchev–Trinajstić information content (AvgIpc) is 3.25. The summed E-state index contributed by atoms with van der Waals surface area (Å²) in [6, 6.07) is 0. The zero-order chi connectivity index (χ0) is 21.3. The van der Waals surface area contributed by atoms with Crippen molar-refractivity contribution in [2.45, 2.75) is 50.2 Å². The Morgan fingerprint density at radius 2 is 2.10 bits per heavy atom. The molecule has 0 amide bonds. The molecule has 5 atom stereocenters. The van der Waals surface area contributed by atoms with Crippen LogP contribution < -0.4 is 16.8 Å². The number of nitrogens with one attached hydrogen (secondary N) is 1. The van der Waals surface area contributed by atoms with E-state index >= 15 is 0 Å². The van der Waals surface area contributed by atoms with E-state index in [0.29, 0.717) is 30.2 Å². The van der Waals surface area contributed by atoms with Crippen molar-refractivity contribution in [2.75, 3.05) is 30.7 Å². The highest BCUT2D eigenvalue weighted by molar-refractivity contribution is 7.47. The molecular weight excluding hydrogens is 417 g/mol. The number of imidazole rings is 1. The van der Waals surface area contributed by atoms with Crippen LogP contribution in [0.25, 0.3) is 11.2 Å². The molecule has 0 spiro atoms. The quantitative estimate of drug-likeness (QED) is 0.273. The number of ether oxygens (including phenoxy) is 1. The molecule has 0 bridgehead atoms. The average molecular weight is 443 g/mol. The lowest BCUT2D eigenvalue weighted by Gasteiger charge is -2.27. The predicted octanol–water partition coefficient (Wildman–Crippen LogP) is 0.114. The summed E-state index contributed by atoms with van der Waals surface area (Å²) in [5.74, 6) is 0.527. The van der Waals surface area contributed by atoms with Gasteiger partial charge in [-0.2, -0.15) is 9.97 Å². The predicted molar refractivity (Wildman–Crippen MR) is 106 cm³/mol. The summed E-state index contributed by atoms with van der Waals surface area (Å²) in [6.45, 7) is 1.19. The molecule has 4 rings (SSSR count). The highest BCUT2D eigenvalue weighted by atomic mass is 31.2. The molecule has 0 aliphatic carbocycles. The van der Waals surface area contributed by atoms with E-state index < -0.39 is 32.4 Å². The number of anilines is 2. The Labute approximate surface area is 172 Å². The third kappa shape index (κ3) is 4.28. The van der Waals surface area contributed by atoms with E-state index in [9.17, 15) is 14.6 Å². The largest absolute Gasteiger partial charge is 0.472 e. The van der Waals surface area contributed by atoms with Gasteiger partial charge in [-0.1, -0.05) is 12.8 Å². The summed E-state index contributed by atoms with van der Waals surface area (Å²) in [7, 11) is -4.21. The van der Waals surface area contributed by atoms with E-state index in [-0.39, 0.29) is 12.4 Å². The summed E-state index contributed by atoms with van der Waals surface area (Å²) in [4.78, 5) is 22.4. The van der Waals surface area contributed by atoms with E-state index in [1.165, 1.54) is 10.9 Å². The molecule has 2 fully saturated rings. The van der Waals surface area contributed by atoms with Crippen LogP contribution in [0.3, 0.4) is 0 Å². The molecule has 2 aliphatic heterocycles. The summed E-state index contributed by atoms with van der Waals surface area (Å²) in [5.41, 5.74) is 12.2. The van der Waals surface area contributed by atoms with Crippen LogP contribution in [0.1, 0.15) is 31.9 Å². The molecule has 7 N–H and O–H groups in total. The number of rotatable bonds is 8. The molecule has 0 saturated carbocycles. The van der Waals surface area contributed by atoms with Crippen molar-refractivity contribution in [3.05, 3.63) is 6.33 Å². The molecular formula is C16H26N7O6P. The van der Waals surface area contributed by atoms with Crippen LogP contribution in [0.2, 0.25) is 0 Å². The number of phosphoric ester groups is 1. The van der Waals surface area contributed by atoms with Gasteiger partial charge in [0.15, 0.2) is 17.7 Å². The number of aliphatic hydroxyl groups is 1. The van der Waals surface area contributed by atoms with Crippen LogP contribution in [-0.4, -0.2) is 67.5 Å². The molecule has 0 aromatic carbocycles. The number of hydrogen-bond donors (Lipinski definition) is 5.